The number of hydrogen-bond acceptors (Lipinski definition) is 4. The molecule has 1 atom stereocenters. The van der Waals surface area contributed by atoms with Crippen molar-refractivity contribution in [2.24, 2.45) is 0 Å². The van der Waals surface area contributed by atoms with Crippen molar-refractivity contribution in [2.75, 3.05) is 16.7 Å². The maximum absolute atomic E-state index is 13.0. The summed E-state index contributed by atoms with van der Waals surface area (Å²) in [6.45, 7) is 3.61. The molecule has 0 bridgehead atoms. The van der Waals surface area contributed by atoms with Crippen LogP contribution in [0.5, 0.6) is 5.75 Å². The number of rotatable bonds is 7. The van der Waals surface area contributed by atoms with Crippen LogP contribution in [-0.2, 0) is 14.8 Å². The van der Waals surface area contributed by atoms with Crippen LogP contribution >= 0.6 is 0 Å². The number of ether oxygens (including phenoxy) is 1. The molecule has 0 aliphatic carbocycles. The molecule has 1 N–H and O–H groups in total. The van der Waals surface area contributed by atoms with E-state index in [0.717, 1.165) is 5.56 Å². The van der Waals surface area contributed by atoms with E-state index < -0.39 is 16.1 Å². The van der Waals surface area contributed by atoms with E-state index in [1.165, 1.54) is 23.5 Å². The van der Waals surface area contributed by atoms with Crippen LogP contribution in [0, 0.1) is 6.92 Å². The molecule has 3 rings (SSSR count). The van der Waals surface area contributed by atoms with E-state index in [1.807, 2.05) is 25.1 Å². The summed E-state index contributed by atoms with van der Waals surface area (Å²) in [6, 6.07) is 22.3. The van der Waals surface area contributed by atoms with Crippen LogP contribution in [0.4, 0.5) is 11.4 Å². The lowest BCUT2D eigenvalue weighted by Gasteiger charge is -2.20. The van der Waals surface area contributed by atoms with E-state index in [9.17, 15) is 13.2 Å². The van der Waals surface area contributed by atoms with Crippen LogP contribution in [0.1, 0.15) is 12.5 Å². The van der Waals surface area contributed by atoms with Crippen molar-refractivity contribution in [3.8, 4) is 5.75 Å². The second-order valence-electron chi connectivity index (χ2n) is 6.90. The zero-order valence-corrected chi connectivity index (χ0v) is 17.9. The van der Waals surface area contributed by atoms with Gasteiger partial charge in [-0.25, -0.2) is 8.42 Å². The van der Waals surface area contributed by atoms with Crippen molar-refractivity contribution in [2.45, 2.75) is 24.8 Å². The molecule has 1 amide bonds. The first-order valence-corrected chi connectivity index (χ1v) is 10.9. The number of carbonyl (C=O) groups is 1. The summed E-state index contributed by atoms with van der Waals surface area (Å²) in [7, 11) is -2.28. The average molecular weight is 425 g/mol. The lowest BCUT2D eigenvalue weighted by atomic mass is 10.2. The van der Waals surface area contributed by atoms with E-state index in [-0.39, 0.29) is 10.8 Å². The standard InChI is InChI=1S/C23H24N2O4S/c1-17-12-14-21(15-13-17)29-18(2)23(26)24-19-8-7-11-22(16-19)30(27,28)25(3)20-9-5-4-6-10-20/h4-16,18H,1-3H3,(H,24,26). The summed E-state index contributed by atoms with van der Waals surface area (Å²) in [5, 5.41) is 2.72. The van der Waals surface area contributed by atoms with Gasteiger partial charge in [0.15, 0.2) is 6.10 Å². The summed E-state index contributed by atoms with van der Waals surface area (Å²) < 4.78 is 32.8. The maximum Gasteiger partial charge on any atom is 0.265 e. The Morgan fingerprint density at radius 3 is 2.30 bits per heavy atom. The second-order valence-corrected chi connectivity index (χ2v) is 8.87. The number of nitrogens with zero attached hydrogens (tertiary/aromatic N) is 1. The zero-order valence-electron chi connectivity index (χ0n) is 17.1. The van der Waals surface area contributed by atoms with Gasteiger partial charge in [0.1, 0.15) is 5.75 Å². The molecule has 0 heterocycles. The Balaban J connectivity index is 1.73. The van der Waals surface area contributed by atoms with Gasteiger partial charge in [-0.1, -0.05) is 42.0 Å². The first-order chi connectivity index (χ1) is 14.3. The fraction of sp³-hybridized carbons (Fsp3) is 0.174. The highest BCUT2D eigenvalue weighted by molar-refractivity contribution is 7.92. The predicted octanol–water partition coefficient (Wildman–Crippen LogP) is 4.23. The molecule has 3 aromatic carbocycles. The highest BCUT2D eigenvalue weighted by Gasteiger charge is 2.22. The molecule has 0 radical (unpaired) electrons. The summed E-state index contributed by atoms with van der Waals surface area (Å²) in [6.07, 6.45) is -0.750. The summed E-state index contributed by atoms with van der Waals surface area (Å²) in [5.41, 5.74) is 2.02. The van der Waals surface area contributed by atoms with E-state index in [4.69, 9.17) is 4.74 Å². The lowest BCUT2D eigenvalue weighted by molar-refractivity contribution is -0.122. The van der Waals surface area contributed by atoms with Gasteiger partial charge in [-0.2, -0.15) is 0 Å². The Labute approximate surface area is 177 Å². The van der Waals surface area contributed by atoms with E-state index in [2.05, 4.69) is 5.32 Å². The van der Waals surface area contributed by atoms with Crippen LogP contribution in [0.3, 0.4) is 0 Å². The molecule has 0 saturated heterocycles. The topological polar surface area (TPSA) is 75.7 Å². The van der Waals surface area contributed by atoms with Crippen LogP contribution in [0.15, 0.2) is 83.8 Å². The molecule has 1 unspecified atom stereocenters. The third-order valence-corrected chi connectivity index (χ3v) is 6.36. The highest BCUT2D eigenvalue weighted by Crippen LogP contribution is 2.24. The van der Waals surface area contributed by atoms with Gasteiger partial charge in [0.2, 0.25) is 0 Å². The number of hydrogen-bond donors (Lipinski definition) is 1. The Morgan fingerprint density at radius 1 is 0.967 bits per heavy atom. The Morgan fingerprint density at radius 2 is 1.63 bits per heavy atom. The third kappa shape index (κ3) is 4.99. The molecule has 30 heavy (non-hydrogen) atoms. The maximum atomic E-state index is 13.0. The van der Waals surface area contributed by atoms with Crippen molar-refractivity contribution >= 4 is 27.3 Å². The number of amides is 1. The largest absolute Gasteiger partial charge is 0.481 e. The van der Waals surface area contributed by atoms with Crippen molar-refractivity contribution in [3.63, 3.8) is 0 Å². The van der Waals surface area contributed by atoms with E-state index >= 15 is 0 Å². The van der Waals surface area contributed by atoms with Crippen molar-refractivity contribution in [1.82, 2.24) is 0 Å². The van der Waals surface area contributed by atoms with Crippen LogP contribution < -0.4 is 14.4 Å². The lowest BCUT2D eigenvalue weighted by Crippen LogP contribution is -2.30. The van der Waals surface area contributed by atoms with Crippen LogP contribution in [0.2, 0.25) is 0 Å². The fourth-order valence-corrected chi connectivity index (χ4v) is 4.03. The zero-order chi connectivity index (χ0) is 21.7. The number of aryl methyl sites for hydroxylation is 1. The van der Waals surface area contributed by atoms with Crippen molar-refractivity contribution in [3.05, 3.63) is 84.4 Å². The first-order valence-electron chi connectivity index (χ1n) is 9.45. The smallest absolute Gasteiger partial charge is 0.265 e. The number of nitrogens with one attached hydrogen (secondary N) is 1. The molecule has 0 fully saturated rings. The van der Waals surface area contributed by atoms with Gasteiger partial charge in [-0.15, -0.1) is 0 Å². The normalized spacial score (nSPS) is 12.1. The van der Waals surface area contributed by atoms with Gasteiger partial charge in [0, 0.05) is 12.7 Å². The molecule has 0 aromatic heterocycles. The van der Waals surface area contributed by atoms with Gasteiger partial charge in [0.25, 0.3) is 15.9 Å². The molecule has 156 valence electrons. The van der Waals surface area contributed by atoms with Gasteiger partial charge < -0.3 is 10.1 Å². The van der Waals surface area contributed by atoms with E-state index in [0.29, 0.717) is 17.1 Å². The Bertz CT molecular complexity index is 1110. The molecule has 0 saturated carbocycles. The Kier molecular flexibility index (Phi) is 6.42. The molecule has 0 aliphatic heterocycles. The third-order valence-electron chi connectivity index (χ3n) is 4.58. The monoisotopic (exact) mass is 424 g/mol. The Hall–Kier alpha value is -3.32. The summed E-state index contributed by atoms with van der Waals surface area (Å²) in [5.74, 6) is 0.214. The second kappa shape index (κ2) is 9.00. The minimum Gasteiger partial charge on any atom is -0.481 e. The molecule has 3 aromatic rings. The van der Waals surface area contributed by atoms with Crippen molar-refractivity contribution in [1.29, 1.82) is 0 Å². The summed E-state index contributed by atoms with van der Waals surface area (Å²) in [4.78, 5) is 12.6. The minimum absolute atomic E-state index is 0.0822. The molecule has 6 nitrogen and oxygen atoms in total. The van der Waals surface area contributed by atoms with Gasteiger partial charge >= 0.3 is 0 Å². The molecular formula is C23H24N2O4S. The number of anilines is 2. The SMILES string of the molecule is Cc1ccc(OC(C)C(=O)Nc2cccc(S(=O)(=O)N(C)c3ccccc3)c2)cc1. The molecular weight excluding hydrogens is 400 g/mol. The molecule has 0 aliphatic rings. The van der Waals surface area contributed by atoms with Gasteiger partial charge in [-0.05, 0) is 56.3 Å². The van der Waals surface area contributed by atoms with Crippen molar-refractivity contribution < 1.29 is 17.9 Å². The summed E-state index contributed by atoms with van der Waals surface area (Å²) >= 11 is 0. The number of sulfonamides is 1. The average Bonchev–Trinajstić information content (AvgIpc) is 2.75. The predicted molar refractivity (Wildman–Crippen MR) is 118 cm³/mol. The van der Waals surface area contributed by atoms with Gasteiger partial charge in [-0.3, -0.25) is 9.10 Å². The van der Waals surface area contributed by atoms with E-state index in [1.54, 1.807) is 55.5 Å². The quantitative estimate of drug-likeness (QED) is 0.616. The first kappa shape index (κ1) is 21.4. The van der Waals surface area contributed by atoms with Gasteiger partial charge in [0.05, 0.1) is 10.6 Å². The minimum atomic E-state index is -3.77. The highest BCUT2D eigenvalue weighted by atomic mass is 32.2. The molecule has 0 spiro atoms. The molecule has 7 heteroatoms. The van der Waals surface area contributed by atoms with Crippen LogP contribution in [-0.4, -0.2) is 27.5 Å². The van der Waals surface area contributed by atoms with Crippen LogP contribution in [0.25, 0.3) is 0 Å². The number of carbonyl (C=O) groups excluding carboxylic acids is 1. The number of benzene rings is 3. The number of para-hydroxylation sites is 1. The fourth-order valence-electron chi connectivity index (χ4n) is 2.79.